The van der Waals surface area contributed by atoms with E-state index in [0.29, 0.717) is 6.04 Å². The molecule has 0 aliphatic heterocycles. The molecule has 1 nitrogen and oxygen atoms in total. The van der Waals surface area contributed by atoms with Gasteiger partial charge >= 0.3 is 0 Å². The summed E-state index contributed by atoms with van der Waals surface area (Å²) in [6.45, 7) is 4.75. The van der Waals surface area contributed by atoms with E-state index < -0.39 is 0 Å². The van der Waals surface area contributed by atoms with E-state index in [-0.39, 0.29) is 7.92 Å². The van der Waals surface area contributed by atoms with Gasteiger partial charge in [0.2, 0.25) is 0 Å². The molecular weight excluding hydrogens is 369 g/mol. The van der Waals surface area contributed by atoms with Gasteiger partial charge in [-0.3, -0.25) is 0 Å². The predicted molar refractivity (Wildman–Crippen MR) is 131 cm³/mol. The summed E-state index contributed by atoms with van der Waals surface area (Å²) in [6, 6.07) is 23.1. The Morgan fingerprint density at radius 2 is 1.28 bits per heavy atom. The molecule has 0 aromatic heterocycles. The van der Waals surface area contributed by atoms with Crippen LogP contribution in [0.25, 0.3) is 0 Å². The molecule has 0 N–H and O–H groups in total. The highest BCUT2D eigenvalue weighted by Crippen LogP contribution is 2.51. The van der Waals surface area contributed by atoms with Crippen LogP contribution in [0.5, 0.6) is 0 Å². The summed E-state index contributed by atoms with van der Waals surface area (Å²) in [5.41, 5.74) is 0.798. The third-order valence-corrected chi connectivity index (χ3v) is 10.0. The monoisotopic (exact) mass is 409 g/mol. The lowest BCUT2D eigenvalue weighted by Crippen LogP contribution is -2.38. The van der Waals surface area contributed by atoms with E-state index in [1.165, 1.54) is 55.6 Å². The summed E-state index contributed by atoms with van der Waals surface area (Å²) in [5, 5.41) is 3.08. The van der Waals surface area contributed by atoms with E-state index in [1.54, 1.807) is 0 Å². The van der Waals surface area contributed by atoms with Crippen LogP contribution in [0.4, 0.5) is 0 Å². The zero-order valence-corrected chi connectivity index (χ0v) is 19.8. The van der Waals surface area contributed by atoms with Crippen LogP contribution in [0.3, 0.4) is 0 Å². The number of hydrogen-bond donors (Lipinski definition) is 0. The topological polar surface area (TPSA) is 3.24 Å². The molecule has 2 heteroatoms. The van der Waals surface area contributed by atoms with Gasteiger partial charge in [-0.25, -0.2) is 0 Å². The van der Waals surface area contributed by atoms with E-state index >= 15 is 0 Å². The van der Waals surface area contributed by atoms with Crippen LogP contribution >= 0.6 is 7.92 Å². The van der Waals surface area contributed by atoms with Gasteiger partial charge < -0.3 is 4.90 Å². The Balaban J connectivity index is 0.000000343. The molecule has 2 aromatic rings. The van der Waals surface area contributed by atoms with Gasteiger partial charge in [0.05, 0.1) is 0 Å². The quantitative estimate of drug-likeness (QED) is 0.514. The third-order valence-electron chi connectivity index (χ3n) is 7.01. The van der Waals surface area contributed by atoms with Crippen molar-refractivity contribution in [3.63, 3.8) is 0 Å². The minimum Gasteiger partial charge on any atom is -0.306 e. The Morgan fingerprint density at radius 1 is 0.759 bits per heavy atom. The summed E-state index contributed by atoms with van der Waals surface area (Å²) >= 11 is 0. The van der Waals surface area contributed by atoms with Crippen LogP contribution in [-0.4, -0.2) is 30.7 Å². The third kappa shape index (κ3) is 6.16. The van der Waals surface area contributed by atoms with Crippen molar-refractivity contribution in [1.29, 1.82) is 0 Å². The lowest BCUT2D eigenvalue weighted by Gasteiger charge is -2.36. The van der Waals surface area contributed by atoms with E-state index in [9.17, 15) is 0 Å². The van der Waals surface area contributed by atoms with Crippen molar-refractivity contribution in [2.24, 2.45) is 11.8 Å². The number of nitrogens with zero attached hydrogens (tertiary/aromatic N) is 1. The molecule has 0 saturated heterocycles. The van der Waals surface area contributed by atoms with E-state index in [4.69, 9.17) is 0 Å². The first-order chi connectivity index (χ1) is 14.1. The fourth-order valence-electron chi connectivity index (χ4n) is 5.07. The standard InChI is InChI=1S/C21H28NP.C6H12/c1-17(22(2)3)20-15-10-16-21(20)23(18-11-6-4-7-12-18)19-13-8-5-9-14-19;1-6-4-2-3-5-6/h4-9,11-14,17,20-21H,10,15-16H2,1-3H3;6H,2-5H2,1H3/t17-,20?,21?;/m0./s1. The molecule has 29 heavy (non-hydrogen) atoms. The number of benzene rings is 2. The maximum atomic E-state index is 2.41. The van der Waals surface area contributed by atoms with Gasteiger partial charge in [-0.1, -0.05) is 99.7 Å². The molecule has 0 bridgehead atoms. The van der Waals surface area contributed by atoms with Gasteiger partial charge in [0.1, 0.15) is 0 Å². The molecule has 2 fully saturated rings. The summed E-state index contributed by atoms with van der Waals surface area (Å²) < 4.78 is 0. The number of rotatable bonds is 5. The SMILES string of the molecule is CC1CCCC1.C[C@@H](C1CCCC1P(c1ccccc1)c1ccccc1)N(C)C. The molecule has 0 amide bonds. The minimum absolute atomic E-state index is 0.275. The second-order valence-corrected chi connectivity index (χ2v) is 11.7. The molecule has 2 aromatic carbocycles. The summed E-state index contributed by atoms with van der Waals surface area (Å²) in [5.74, 6) is 1.85. The summed E-state index contributed by atoms with van der Waals surface area (Å²) in [6.07, 6.45) is 10.1. The van der Waals surface area contributed by atoms with Crippen LogP contribution in [0.1, 0.15) is 58.8 Å². The second kappa shape index (κ2) is 11.3. The molecule has 4 rings (SSSR count). The molecule has 2 aliphatic carbocycles. The molecule has 158 valence electrons. The van der Waals surface area contributed by atoms with Crippen LogP contribution in [0, 0.1) is 11.8 Å². The molecule has 3 atom stereocenters. The fraction of sp³-hybridized carbons (Fsp3) is 0.556. The molecule has 0 spiro atoms. The Morgan fingerprint density at radius 3 is 1.69 bits per heavy atom. The normalized spacial score (nSPS) is 23.2. The van der Waals surface area contributed by atoms with Crippen LogP contribution in [0.2, 0.25) is 0 Å². The number of hydrogen-bond acceptors (Lipinski definition) is 1. The minimum atomic E-state index is -0.275. The highest BCUT2D eigenvalue weighted by Gasteiger charge is 2.38. The van der Waals surface area contributed by atoms with Crippen molar-refractivity contribution >= 4 is 18.5 Å². The lowest BCUT2D eigenvalue weighted by atomic mass is 9.98. The van der Waals surface area contributed by atoms with Gasteiger partial charge in [-0.05, 0) is 69.9 Å². The van der Waals surface area contributed by atoms with Crippen molar-refractivity contribution in [1.82, 2.24) is 4.90 Å². The maximum Gasteiger partial charge on any atom is 0.00953 e. The highest BCUT2D eigenvalue weighted by atomic mass is 31.1. The molecule has 0 radical (unpaired) electrons. The van der Waals surface area contributed by atoms with Crippen molar-refractivity contribution in [3.05, 3.63) is 60.7 Å². The van der Waals surface area contributed by atoms with Gasteiger partial charge in [0, 0.05) is 6.04 Å². The Kier molecular flexibility index (Phi) is 8.76. The average molecular weight is 410 g/mol. The van der Waals surface area contributed by atoms with Crippen molar-refractivity contribution < 1.29 is 0 Å². The molecule has 2 saturated carbocycles. The molecule has 0 heterocycles. The molecular formula is C27H40NP. The first-order valence-corrected chi connectivity index (χ1v) is 13.0. The molecule has 2 unspecified atom stereocenters. The maximum absolute atomic E-state index is 2.41. The zero-order valence-electron chi connectivity index (χ0n) is 18.9. The van der Waals surface area contributed by atoms with Crippen molar-refractivity contribution in [3.8, 4) is 0 Å². The molecule has 2 aliphatic rings. The van der Waals surface area contributed by atoms with Crippen molar-refractivity contribution in [2.75, 3.05) is 14.1 Å². The fourth-order valence-corrected chi connectivity index (χ4v) is 8.35. The van der Waals surface area contributed by atoms with E-state index in [0.717, 1.165) is 17.5 Å². The van der Waals surface area contributed by atoms with Crippen molar-refractivity contribution in [2.45, 2.75) is 70.5 Å². The largest absolute Gasteiger partial charge is 0.306 e. The van der Waals surface area contributed by atoms with Gasteiger partial charge in [0.25, 0.3) is 0 Å². The first-order valence-electron chi connectivity index (χ1n) is 11.6. The van der Waals surface area contributed by atoms with Gasteiger partial charge in [-0.2, -0.15) is 0 Å². The highest BCUT2D eigenvalue weighted by molar-refractivity contribution is 7.73. The van der Waals surface area contributed by atoms with Gasteiger partial charge in [-0.15, -0.1) is 0 Å². The second-order valence-electron chi connectivity index (χ2n) is 9.30. The van der Waals surface area contributed by atoms with Crippen LogP contribution < -0.4 is 10.6 Å². The van der Waals surface area contributed by atoms with E-state index in [2.05, 4.69) is 93.5 Å². The Labute approximate surface area is 180 Å². The van der Waals surface area contributed by atoms with E-state index in [1.807, 2.05) is 0 Å². The average Bonchev–Trinajstić information content (AvgIpc) is 3.41. The Hall–Kier alpha value is -1.17. The smallest absolute Gasteiger partial charge is 0.00953 e. The van der Waals surface area contributed by atoms with Crippen LogP contribution in [-0.2, 0) is 0 Å². The summed E-state index contributed by atoms with van der Waals surface area (Å²) in [4.78, 5) is 2.41. The first kappa shape index (κ1) is 22.5. The van der Waals surface area contributed by atoms with Crippen LogP contribution in [0.15, 0.2) is 60.7 Å². The Bertz CT molecular complexity index is 653. The predicted octanol–water partition coefficient (Wildman–Crippen LogP) is 6.43. The summed E-state index contributed by atoms with van der Waals surface area (Å²) in [7, 11) is 4.18. The van der Waals surface area contributed by atoms with Gasteiger partial charge in [0.15, 0.2) is 0 Å². The lowest BCUT2D eigenvalue weighted by molar-refractivity contribution is 0.232. The zero-order chi connectivity index (χ0) is 20.6.